The molecule has 40 heavy (non-hydrogen) atoms. The summed E-state index contributed by atoms with van der Waals surface area (Å²) in [7, 11) is 0. The minimum atomic E-state index is 1.00. The summed E-state index contributed by atoms with van der Waals surface area (Å²) in [6.45, 7) is 17.1. The Hall–Kier alpha value is -4.04. The van der Waals surface area contributed by atoms with Crippen LogP contribution in [0.5, 0.6) is 0 Å². The molecule has 0 N–H and O–H groups in total. The van der Waals surface area contributed by atoms with Crippen molar-refractivity contribution >= 4 is 22.5 Å². The third-order valence-electron chi connectivity index (χ3n) is 7.76. The lowest BCUT2D eigenvalue weighted by molar-refractivity contribution is 0.866. The maximum absolute atomic E-state index is 2.39. The van der Waals surface area contributed by atoms with Gasteiger partial charge >= 0.3 is 0 Å². The van der Waals surface area contributed by atoms with E-state index in [4.69, 9.17) is 0 Å². The molecule has 206 valence electrons. The number of allylic oxidation sites excluding steroid dienone is 2. The average molecular weight is 529 g/mol. The summed E-state index contributed by atoms with van der Waals surface area (Å²) in [5.41, 5.74) is 12.4. The molecule has 4 aromatic carbocycles. The summed E-state index contributed by atoms with van der Waals surface area (Å²) in [4.78, 5) is 4.78. The lowest BCUT2D eigenvalue weighted by Crippen LogP contribution is -2.21. The van der Waals surface area contributed by atoms with Gasteiger partial charge in [0.25, 0.3) is 0 Å². The summed E-state index contributed by atoms with van der Waals surface area (Å²) in [5.74, 6) is 0. The van der Waals surface area contributed by atoms with Gasteiger partial charge in [-0.15, -0.1) is 0 Å². The lowest BCUT2D eigenvalue weighted by Gasteiger charge is -2.22. The largest absolute Gasteiger partial charge is 0.372 e. The fraction of sp³-hybridized carbons (Fsp3) is 0.263. The highest BCUT2D eigenvalue weighted by atomic mass is 15.1. The molecule has 0 amide bonds. The minimum Gasteiger partial charge on any atom is -0.372 e. The molecule has 4 aromatic rings. The van der Waals surface area contributed by atoms with Gasteiger partial charge in [-0.05, 0) is 99.2 Å². The molecule has 2 heteroatoms. The first-order valence-electron chi connectivity index (χ1n) is 14.7. The van der Waals surface area contributed by atoms with E-state index in [2.05, 4.69) is 161 Å². The van der Waals surface area contributed by atoms with Crippen molar-refractivity contribution in [3.63, 3.8) is 0 Å². The van der Waals surface area contributed by atoms with Crippen LogP contribution in [0.4, 0.5) is 11.4 Å². The molecule has 0 saturated heterocycles. The third-order valence-corrected chi connectivity index (χ3v) is 7.76. The molecule has 0 spiro atoms. The normalized spacial score (nSPS) is 10.7. The molecule has 0 fully saturated rings. The van der Waals surface area contributed by atoms with Crippen molar-refractivity contribution in [3.05, 3.63) is 143 Å². The quantitative estimate of drug-likeness (QED) is 0.179. The van der Waals surface area contributed by atoms with Gasteiger partial charge in [-0.2, -0.15) is 0 Å². The van der Waals surface area contributed by atoms with E-state index >= 15 is 0 Å². The molecule has 0 aliphatic carbocycles. The van der Waals surface area contributed by atoms with Crippen molar-refractivity contribution in [2.75, 3.05) is 36.0 Å². The molecule has 0 heterocycles. The summed E-state index contributed by atoms with van der Waals surface area (Å²) >= 11 is 0. The van der Waals surface area contributed by atoms with Gasteiger partial charge in [0, 0.05) is 37.6 Å². The topological polar surface area (TPSA) is 6.48 Å². The maximum atomic E-state index is 2.39. The first kappa shape index (κ1) is 29.0. The van der Waals surface area contributed by atoms with Gasteiger partial charge in [-0.1, -0.05) is 96.1 Å². The van der Waals surface area contributed by atoms with Crippen molar-refractivity contribution in [2.45, 2.75) is 41.5 Å². The van der Waals surface area contributed by atoms with E-state index < -0.39 is 0 Å². The van der Waals surface area contributed by atoms with Crippen LogP contribution in [0, 0.1) is 13.8 Å². The Labute approximate surface area is 242 Å². The summed E-state index contributed by atoms with van der Waals surface area (Å²) in [6.07, 6.45) is 4.59. The molecule has 0 bridgehead atoms. The van der Waals surface area contributed by atoms with E-state index in [9.17, 15) is 0 Å². The van der Waals surface area contributed by atoms with E-state index in [1.165, 1.54) is 55.9 Å². The van der Waals surface area contributed by atoms with Crippen molar-refractivity contribution < 1.29 is 0 Å². The molecular formula is C38H44N2. The number of hydrogen-bond donors (Lipinski definition) is 0. The maximum Gasteiger partial charge on any atom is 0.0366 e. The van der Waals surface area contributed by atoms with Crippen LogP contribution in [0.2, 0.25) is 0 Å². The van der Waals surface area contributed by atoms with Gasteiger partial charge in [0.15, 0.2) is 0 Å². The second-order valence-electron chi connectivity index (χ2n) is 10.3. The highest BCUT2D eigenvalue weighted by molar-refractivity contribution is 5.87. The molecule has 0 aliphatic heterocycles. The van der Waals surface area contributed by atoms with Gasteiger partial charge in [0.2, 0.25) is 0 Å². The van der Waals surface area contributed by atoms with Gasteiger partial charge < -0.3 is 9.80 Å². The predicted octanol–water partition coefficient (Wildman–Crippen LogP) is 9.56. The van der Waals surface area contributed by atoms with Gasteiger partial charge in [0.05, 0.1) is 0 Å². The Bertz CT molecular complexity index is 1290. The van der Waals surface area contributed by atoms with E-state index in [1.807, 2.05) is 0 Å². The summed E-state index contributed by atoms with van der Waals surface area (Å²) in [5, 5.41) is 0. The van der Waals surface area contributed by atoms with Crippen LogP contribution in [-0.2, 0) is 0 Å². The first-order valence-corrected chi connectivity index (χ1v) is 14.7. The third kappa shape index (κ3) is 6.93. The number of benzene rings is 4. The fourth-order valence-corrected chi connectivity index (χ4v) is 5.23. The van der Waals surface area contributed by atoms with Crippen molar-refractivity contribution in [1.29, 1.82) is 0 Å². The second kappa shape index (κ2) is 13.8. The molecule has 0 aromatic heterocycles. The van der Waals surface area contributed by atoms with Crippen molar-refractivity contribution in [3.8, 4) is 0 Å². The summed E-state index contributed by atoms with van der Waals surface area (Å²) in [6, 6.07) is 35.8. The Balaban J connectivity index is 1.85. The van der Waals surface area contributed by atoms with Crippen LogP contribution in [-0.4, -0.2) is 26.2 Å². The van der Waals surface area contributed by atoms with Crippen LogP contribution >= 0.6 is 0 Å². The smallest absolute Gasteiger partial charge is 0.0366 e. The minimum absolute atomic E-state index is 1.00. The molecule has 0 aliphatic rings. The van der Waals surface area contributed by atoms with Crippen molar-refractivity contribution in [1.82, 2.24) is 0 Å². The van der Waals surface area contributed by atoms with E-state index in [0.29, 0.717) is 0 Å². The van der Waals surface area contributed by atoms with Crippen LogP contribution in [0.15, 0.2) is 109 Å². The Morgan fingerprint density at radius 3 is 0.925 bits per heavy atom. The van der Waals surface area contributed by atoms with Gasteiger partial charge in [-0.25, -0.2) is 0 Å². The van der Waals surface area contributed by atoms with Gasteiger partial charge in [-0.3, -0.25) is 0 Å². The second-order valence-corrected chi connectivity index (χ2v) is 10.3. The van der Waals surface area contributed by atoms with Crippen LogP contribution in [0.3, 0.4) is 0 Å². The Morgan fingerprint density at radius 2 is 0.675 bits per heavy atom. The van der Waals surface area contributed by atoms with E-state index in [0.717, 1.165) is 26.2 Å². The number of nitrogens with zero attached hydrogens (tertiary/aromatic N) is 2. The lowest BCUT2D eigenvalue weighted by atomic mass is 9.93. The van der Waals surface area contributed by atoms with Crippen LogP contribution in [0.25, 0.3) is 11.1 Å². The van der Waals surface area contributed by atoms with Gasteiger partial charge in [0.1, 0.15) is 0 Å². The van der Waals surface area contributed by atoms with Crippen LogP contribution < -0.4 is 9.80 Å². The average Bonchev–Trinajstić information content (AvgIpc) is 2.99. The van der Waals surface area contributed by atoms with E-state index in [-0.39, 0.29) is 0 Å². The molecule has 4 rings (SSSR count). The molecule has 2 nitrogen and oxygen atoms in total. The molecular weight excluding hydrogens is 484 g/mol. The van der Waals surface area contributed by atoms with E-state index in [1.54, 1.807) is 0 Å². The molecule has 0 unspecified atom stereocenters. The predicted molar refractivity (Wildman–Crippen MR) is 177 cm³/mol. The molecule has 0 saturated carbocycles. The number of rotatable bonds is 11. The SMILES string of the molecule is CCN(CC)c1ccc(C(=CC=C(c2ccc(C)cc2)c2ccc(C)cc2)c2ccc(N(CC)CC)cc2)cc1. The zero-order valence-electron chi connectivity index (χ0n) is 25.1. The standard InChI is InChI=1S/C38H44N2/c1-7-39(8-2)35-23-19-33(20-24-35)38(34-21-25-36(26-22-34)40(9-3)10-4)28-27-37(31-15-11-29(5)12-16-31)32-17-13-30(6)14-18-32/h11-28H,7-10H2,1-6H3. The monoisotopic (exact) mass is 528 g/mol. The number of hydrogen-bond acceptors (Lipinski definition) is 2. The van der Waals surface area contributed by atoms with Crippen LogP contribution in [0.1, 0.15) is 61.1 Å². The molecule has 0 radical (unpaired) electrons. The highest BCUT2D eigenvalue weighted by Gasteiger charge is 2.10. The zero-order valence-corrected chi connectivity index (χ0v) is 25.1. The Morgan fingerprint density at radius 1 is 0.425 bits per heavy atom. The van der Waals surface area contributed by atoms with Crippen molar-refractivity contribution in [2.24, 2.45) is 0 Å². The highest BCUT2D eigenvalue weighted by Crippen LogP contribution is 2.30. The number of aryl methyl sites for hydroxylation is 2. The zero-order chi connectivity index (χ0) is 28.5. The summed E-state index contributed by atoms with van der Waals surface area (Å²) < 4.78 is 0. The fourth-order valence-electron chi connectivity index (χ4n) is 5.23. The first-order chi connectivity index (χ1) is 19.5. The molecule has 0 atom stereocenters. The Kier molecular flexibility index (Phi) is 10.0. The number of anilines is 2.